The van der Waals surface area contributed by atoms with Crippen molar-refractivity contribution in [2.45, 2.75) is 38.4 Å². The molecular weight excluding hydrogens is 262 g/mol. The van der Waals surface area contributed by atoms with E-state index in [-0.39, 0.29) is 6.10 Å². The fourth-order valence-corrected chi connectivity index (χ4v) is 2.08. The van der Waals surface area contributed by atoms with Crippen LogP contribution < -0.4 is 5.32 Å². The van der Waals surface area contributed by atoms with E-state index in [0.717, 1.165) is 19.4 Å². The van der Waals surface area contributed by atoms with Crippen LogP contribution in [0.4, 0.5) is 0 Å². The first-order valence-electron chi connectivity index (χ1n) is 7.11. The summed E-state index contributed by atoms with van der Waals surface area (Å²) in [6.07, 6.45) is 2.51. The quantitative estimate of drug-likeness (QED) is 0.620. The fourth-order valence-electron chi connectivity index (χ4n) is 2.08. The van der Waals surface area contributed by atoms with Crippen LogP contribution in [-0.4, -0.2) is 60.4 Å². The van der Waals surface area contributed by atoms with Crippen molar-refractivity contribution in [3.8, 4) is 0 Å². The monoisotopic (exact) mass is 285 g/mol. The van der Waals surface area contributed by atoms with Crippen molar-refractivity contribution in [1.29, 1.82) is 0 Å². The summed E-state index contributed by atoms with van der Waals surface area (Å²) in [5, 5.41) is 16.6. The Morgan fingerprint density at radius 1 is 1.55 bits per heavy atom. The van der Waals surface area contributed by atoms with Crippen LogP contribution in [0.25, 0.3) is 0 Å². The van der Waals surface area contributed by atoms with Crippen LogP contribution in [0.15, 0.2) is 4.52 Å². The molecular formula is C13H23N3O4. The van der Waals surface area contributed by atoms with Crippen LogP contribution in [0.5, 0.6) is 0 Å². The third-order valence-corrected chi connectivity index (χ3v) is 3.10. The highest BCUT2D eigenvalue weighted by atomic mass is 16.5. The molecule has 0 bridgehead atoms. The minimum Gasteiger partial charge on any atom is -0.389 e. The molecule has 1 fully saturated rings. The predicted molar refractivity (Wildman–Crippen MR) is 71.4 cm³/mol. The predicted octanol–water partition coefficient (Wildman–Crippen LogP) is 0.0666. The lowest BCUT2D eigenvalue weighted by Crippen LogP contribution is -2.32. The van der Waals surface area contributed by atoms with Gasteiger partial charge in [0.25, 0.3) is 0 Å². The van der Waals surface area contributed by atoms with Gasteiger partial charge < -0.3 is 24.4 Å². The summed E-state index contributed by atoms with van der Waals surface area (Å²) in [6, 6.07) is 0. The fraction of sp³-hybridized carbons (Fsp3) is 0.846. The Morgan fingerprint density at radius 2 is 2.45 bits per heavy atom. The second kappa shape index (κ2) is 8.31. The minimum atomic E-state index is -0.513. The number of hydrogen-bond acceptors (Lipinski definition) is 7. The Kier molecular flexibility index (Phi) is 6.38. The summed E-state index contributed by atoms with van der Waals surface area (Å²) >= 11 is 0. The van der Waals surface area contributed by atoms with Gasteiger partial charge >= 0.3 is 0 Å². The Hall–Kier alpha value is -1.02. The molecule has 0 aliphatic carbocycles. The number of hydrogen-bond donors (Lipinski definition) is 2. The Balaban J connectivity index is 1.46. The maximum absolute atomic E-state index is 9.74. The molecule has 0 radical (unpaired) electrons. The smallest absolute Gasteiger partial charge is 0.227 e. The number of aliphatic hydroxyl groups is 1. The third kappa shape index (κ3) is 5.54. The van der Waals surface area contributed by atoms with Gasteiger partial charge in [-0.2, -0.15) is 4.98 Å². The summed E-state index contributed by atoms with van der Waals surface area (Å²) in [7, 11) is 0. The summed E-state index contributed by atoms with van der Waals surface area (Å²) < 4.78 is 15.9. The Bertz CT molecular complexity index is 379. The molecule has 7 heteroatoms. The van der Waals surface area contributed by atoms with E-state index in [1.165, 1.54) is 0 Å². The van der Waals surface area contributed by atoms with Crippen LogP contribution in [-0.2, 0) is 15.9 Å². The van der Waals surface area contributed by atoms with E-state index >= 15 is 0 Å². The molecule has 1 aromatic heterocycles. The topological polar surface area (TPSA) is 89.6 Å². The van der Waals surface area contributed by atoms with Gasteiger partial charge in [0.05, 0.1) is 25.4 Å². The zero-order valence-electron chi connectivity index (χ0n) is 11.9. The Labute approximate surface area is 118 Å². The summed E-state index contributed by atoms with van der Waals surface area (Å²) in [6.45, 7) is 4.68. The summed E-state index contributed by atoms with van der Waals surface area (Å²) in [4.78, 5) is 4.10. The van der Waals surface area contributed by atoms with Gasteiger partial charge in [0.1, 0.15) is 0 Å². The second-order valence-electron chi connectivity index (χ2n) is 5.02. The normalized spacial score (nSPS) is 20.4. The maximum Gasteiger partial charge on any atom is 0.227 e. The second-order valence-corrected chi connectivity index (χ2v) is 5.02. The largest absolute Gasteiger partial charge is 0.389 e. The highest BCUT2D eigenvalue weighted by Crippen LogP contribution is 2.11. The molecule has 2 rings (SSSR count). The third-order valence-electron chi connectivity index (χ3n) is 3.10. The molecule has 2 atom stereocenters. The van der Waals surface area contributed by atoms with Gasteiger partial charge in [-0.05, 0) is 19.8 Å². The molecule has 0 saturated carbocycles. The van der Waals surface area contributed by atoms with Crippen LogP contribution in [0.3, 0.4) is 0 Å². The highest BCUT2D eigenvalue weighted by molar-refractivity contribution is 4.83. The zero-order valence-corrected chi connectivity index (χ0v) is 11.9. The first-order chi connectivity index (χ1) is 9.74. The zero-order chi connectivity index (χ0) is 14.2. The van der Waals surface area contributed by atoms with Crippen molar-refractivity contribution in [2.24, 2.45) is 0 Å². The van der Waals surface area contributed by atoms with Gasteiger partial charge in [0, 0.05) is 26.1 Å². The van der Waals surface area contributed by atoms with Crippen molar-refractivity contribution in [3.63, 3.8) is 0 Å². The van der Waals surface area contributed by atoms with E-state index in [2.05, 4.69) is 15.5 Å². The number of aromatic nitrogens is 2. The van der Waals surface area contributed by atoms with E-state index in [0.29, 0.717) is 44.4 Å². The first-order valence-corrected chi connectivity index (χ1v) is 7.11. The summed E-state index contributed by atoms with van der Waals surface area (Å²) in [5.41, 5.74) is 0. The van der Waals surface area contributed by atoms with E-state index < -0.39 is 6.10 Å². The Morgan fingerprint density at radius 3 is 3.15 bits per heavy atom. The van der Waals surface area contributed by atoms with E-state index in [1.54, 1.807) is 6.92 Å². The van der Waals surface area contributed by atoms with Crippen LogP contribution in [0.2, 0.25) is 0 Å². The van der Waals surface area contributed by atoms with Gasteiger partial charge in [-0.15, -0.1) is 0 Å². The average Bonchev–Trinajstić information content (AvgIpc) is 3.06. The van der Waals surface area contributed by atoms with Crippen LogP contribution >= 0.6 is 0 Å². The lowest BCUT2D eigenvalue weighted by atomic mass is 10.2. The number of nitrogens with one attached hydrogen (secondary N) is 1. The number of nitrogens with zero attached hydrogens (tertiary/aromatic N) is 2. The maximum atomic E-state index is 9.74. The molecule has 1 aliphatic rings. The minimum absolute atomic E-state index is 0.205. The van der Waals surface area contributed by atoms with Crippen molar-refractivity contribution >= 4 is 0 Å². The van der Waals surface area contributed by atoms with Gasteiger partial charge in [-0.1, -0.05) is 5.16 Å². The average molecular weight is 285 g/mol. The number of ether oxygens (including phenoxy) is 2. The first kappa shape index (κ1) is 15.4. The molecule has 1 aromatic rings. The van der Waals surface area contributed by atoms with Gasteiger partial charge in [0.15, 0.2) is 5.82 Å². The molecule has 0 aromatic carbocycles. The van der Waals surface area contributed by atoms with Crippen molar-refractivity contribution in [1.82, 2.24) is 15.5 Å². The lowest BCUT2D eigenvalue weighted by Gasteiger charge is -2.14. The van der Waals surface area contributed by atoms with E-state index in [9.17, 15) is 5.11 Å². The van der Waals surface area contributed by atoms with Crippen LogP contribution in [0.1, 0.15) is 24.6 Å². The van der Waals surface area contributed by atoms with Crippen molar-refractivity contribution in [3.05, 3.63) is 11.7 Å². The number of aryl methyl sites for hydroxylation is 1. The lowest BCUT2D eigenvalue weighted by molar-refractivity contribution is -0.0163. The highest BCUT2D eigenvalue weighted by Gasteiger charge is 2.16. The molecule has 0 amide bonds. The van der Waals surface area contributed by atoms with E-state index in [4.69, 9.17) is 14.0 Å². The molecule has 1 aliphatic heterocycles. The van der Waals surface area contributed by atoms with Gasteiger partial charge in [0.2, 0.25) is 5.89 Å². The molecule has 0 spiro atoms. The van der Waals surface area contributed by atoms with Gasteiger partial charge in [-0.25, -0.2) is 0 Å². The molecule has 20 heavy (non-hydrogen) atoms. The molecule has 114 valence electrons. The number of rotatable bonds is 9. The SMILES string of the molecule is Cc1noc(CCNCC(O)COCC2CCCO2)n1. The van der Waals surface area contributed by atoms with Gasteiger partial charge in [-0.3, -0.25) is 0 Å². The molecule has 2 heterocycles. The van der Waals surface area contributed by atoms with Crippen LogP contribution in [0, 0.1) is 6.92 Å². The number of aliphatic hydroxyl groups excluding tert-OH is 1. The summed E-state index contributed by atoms with van der Waals surface area (Å²) in [5.74, 6) is 1.25. The molecule has 7 nitrogen and oxygen atoms in total. The molecule has 2 N–H and O–H groups in total. The van der Waals surface area contributed by atoms with Crippen molar-refractivity contribution in [2.75, 3.05) is 32.9 Å². The van der Waals surface area contributed by atoms with E-state index in [1.807, 2.05) is 0 Å². The molecule has 1 saturated heterocycles. The van der Waals surface area contributed by atoms with Crippen molar-refractivity contribution < 1.29 is 19.1 Å². The standard InChI is InChI=1S/C13H23N3O4/c1-10-15-13(20-16-10)4-5-14-7-11(17)8-18-9-12-3-2-6-19-12/h11-12,14,17H,2-9H2,1H3. The molecule has 2 unspecified atom stereocenters.